The lowest BCUT2D eigenvalue weighted by Crippen LogP contribution is -2.55. The van der Waals surface area contributed by atoms with Crippen LogP contribution < -0.4 is 5.73 Å². The fourth-order valence-electron chi connectivity index (χ4n) is 1.74. The fraction of sp³-hybridized carbons (Fsp3) is 1.00. The smallest absolute Gasteiger partial charge is 0.0226 e. The number of nitrogens with two attached hydrogens (primary N) is 1. The van der Waals surface area contributed by atoms with Crippen molar-refractivity contribution in [3.8, 4) is 0 Å². The summed E-state index contributed by atoms with van der Waals surface area (Å²) in [6, 6.07) is 0. The largest absolute Gasteiger partial charge is 0.324 e. The van der Waals surface area contributed by atoms with E-state index in [1.807, 2.05) is 0 Å². The molecule has 72 valence electrons. The van der Waals surface area contributed by atoms with E-state index in [-0.39, 0.29) is 5.54 Å². The molecule has 2 heteroatoms. The number of hydrogen-bond acceptors (Lipinski definition) is 2. The Kier molecular flexibility index (Phi) is 2.79. The first-order valence-electron chi connectivity index (χ1n) is 4.90. The van der Waals surface area contributed by atoms with Crippen molar-refractivity contribution in [1.82, 2.24) is 4.90 Å². The molecule has 1 fully saturated rings. The first-order chi connectivity index (χ1) is 5.38. The molecular formula is C10H22N2. The minimum atomic E-state index is -0.0258. The summed E-state index contributed by atoms with van der Waals surface area (Å²) < 4.78 is 0. The average molecular weight is 170 g/mol. The third kappa shape index (κ3) is 2.76. The summed E-state index contributed by atoms with van der Waals surface area (Å²) in [6.07, 6.45) is 0. The van der Waals surface area contributed by atoms with Crippen LogP contribution in [0, 0.1) is 11.8 Å². The van der Waals surface area contributed by atoms with E-state index in [4.69, 9.17) is 5.73 Å². The Morgan fingerprint density at radius 1 is 1.42 bits per heavy atom. The molecule has 1 heterocycles. The van der Waals surface area contributed by atoms with Gasteiger partial charge in [-0.15, -0.1) is 0 Å². The van der Waals surface area contributed by atoms with Crippen molar-refractivity contribution >= 4 is 0 Å². The molecule has 0 aromatic rings. The monoisotopic (exact) mass is 170 g/mol. The molecule has 0 atom stereocenters. The van der Waals surface area contributed by atoms with Crippen LogP contribution in [0.15, 0.2) is 0 Å². The van der Waals surface area contributed by atoms with Gasteiger partial charge in [0.15, 0.2) is 0 Å². The van der Waals surface area contributed by atoms with Gasteiger partial charge in [-0.3, -0.25) is 0 Å². The van der Waals surface area contributed by atoms with Crippen LogP contribution in [0.1, 0.15) is 27.7 Å². The number of nitrogens with zero attached hydrogens (tertiary/aromatic N) is 1. The van der Waals surface area contributed by atoms with Crippen molar-refractivity contribution in [2.45, 2.75) is 33.2 Å². The van der Waals surface area contributed by atoms with E-state index in [1.165, 1.54) is 13.1 Å². The van der Waals surface area contributed by atoms with Gasteiger partial charge in [-0.25, -0.2) is 0 Å². The van der Waals surface area contributed by atoms with Crippen molar-refractivity contribution in [3.63, 3.8) is 0 Å². The molecule has 1 aliphatic rings. The van der Waals surface area contributed by atoms with Crippen molar-refractivity contribution < 1.29 is 0 Å². The highest BCUT2D eigenvalue weighted by molar-refractivity contribution is 4.87. The van der Waals surface area contributed by atoms with Gasteiger partial charge < -0.3 is 10.6 Å². The highest BCUT2D eigenvalue weighted by Crippen LogP contribution is 2.24. The Balaban J connectivity index is 2.18. The Morgan fingerprint density at radius 3 is 2.25 bits per heavy atom. The molecule has 0 amide bonds. The van der Waals surface area contributed by atoms with E-state index < -0.39 is 0 Å². The van der Waals surface area contributed by atoms with Gasteiger partial charge in [0.25, 0.3) is 0 Å². The molecular weight excluding hydrogens is 148 g/mol. The highest BCUT2D eigenvalue weighted by Gasteiger charge is 2.31. The summed E-state index contributed by atoms with van der Waals surface area (Å²) in [6.45, 7) is 12.3. The third-order valence-corrected chi connectivity index (χ3v) is 2.56. The van der Waals surface area contributed by atoms with Gasteiger partial charge in [-0.05, 0) is 25.7 Å². The average Bonchev–Trinajstić information content (AvgIpc) is 1.74. The highest BCUT2D eigenvalue weighted by atomic mass is 15.2. The molecule has 1 saturated heterocycles. The molecule has 0 aromatic heterocycles. The van der Waals surface area contributed by atoms with Crippen LogP contribution >= 0.6 is 0 Å². The zero-order chi connectivity index (χ0) is 9.35. The minimum Gasteiger partial charge on any atom is -0.324 e. The van der Waals surface area contributed by atoms with E-state index in [9.17, 15) is 0 Å². The van der Waals surface area contributed by atoms with E-state index in [2.05, 4.69) is 32.6 Å². The molecule has 0 spiro atoms. The summed E-state index contributed by atoms with van der Waals surface area (Å²) in [5.41, 5.74) is 5.90. The lowest BCUT2D eigenvalue weighted by atomic mass is 9.87. The minimum absolute atomic E-state index is 0.0258. The summed E-state index contributed by atoms with van der Waals surface area (Å²) in [5, 5.41) is 0. The second-order valence-corrected chi connectivity index (χ2v) is 5.19. The molecule has 0 unspecified atom stereocenters. The molecule has 1 rings (SSSR count). The summed E-state index contributed by atoms with van der Waals surface area (Å²) >= 11 is 0. The Morgan fingerprint density at radius 2 is 1.92 bits per heavy atom. The summed E-state index contributed by atoms with van der Waals surface area (Å²) in [7, 11) is 0. The maximum Gasteiger partial charge on any atom is 0.0226 e. The molecule has 0 radical (unpaired) electrons. The Labute approximate surface area is 76.1 Å². The molecule has 0 aliphatic carbocycles. The van der Waals surface area contributed by atoms with Gasteiger partial charge in [0, 0.05) is 25.2 Å². The van der Waals surface area contributed by atoms with Crippen molar-refractivity contribution in [2.75, 3.05) is 19.6 Å². The van der Waals surface area contributed by atoms with E-state index >= 15 is 0 Å². The molecule has 1 aliphatic heterocycles. The molecule has 0 bridgehead atoms. The van der Waals surface area contributed by atoms with Crippen LogP contribution in [0.4, 0.5) is 0 Å². The SMILES string of the molecule is CC(C)C1CN(CC(C)(C)N)C1. The van der Waals surface area contributed by atoms with Crippen molar-refractivity contribution in [3.05, 3.63) is 0 Å². The first-order valence-corrected chi connectivity index (χ1v) is 4.90. The van der Waals surface area contributed by atoms with E-state index in [1.54, 1.807) is 0 Å². The van der Waals surface area contributed by atoms with Crippen molar-refractivity contribution in [2.24, 2.45) is 17.6 Å². The topological polar surface area (TPSA) is 29.3 Å². The van der Waals surface area contributed by atoms with Gasteiger partial charge in [0.2, 0.25) is 0 Å². The maximum absolute atomic E-state index is 5.93. The van der Waals surface area contributed by atoms with Crippen LogP contribution in [0.2, 0.25) is 0 Å². The lowest BCUT2D eigenvalue weighted by Gasteiger charge is -2.44. The van der Waals surface area contributed by atoms with Crippen LogP contribution in [0.5, 0.6) is 0 Å². The predicted octanol–water partition coefficient (Wildman–Crippen LogP) is 1.31. The second-order valence-electron chi connectivity index (χ2n) is 5.19. The standard InChI is InChI=1S/C10H22N2/c1-8(2)9-5-12(6-9)7-10(3,4)11/h8-9H,5-7,11H2,1-4H3. The van der Waals surface area contributed by atoms with Crippen molar-refractivity contribution in [1.29, 1.82) is 0 Å². The molecule has 0 aromatic carbocycles. The molecule has 2 nitrogen and oxygen atoms in total. The van der Waals surface area contributed by atoms with E-state index in [0.717, 1.165) is 18.4 Å². The van der Waals surface area contributed by atoms with Gasteiger partial charge in [-0.1, -0.05) is 13.8 Å². The normalized spacial score (nSPS) is 21.5. The number of likely N-dealkylation sites (tertiary alicyclic amines) is 1. The zero-order valence-corrected chi connectivity index (χ0v) is 8.80. The van der Waals surface area contributed by atoms with Crippen LogP contribution in [-0.2, 0) is 0 Å². The number of rotatable bonds is 3. The summed E-state index contributed by atoms with van der Waals surface area (Å²) in [5.74, 6) is 1.74. The quantitative estimate of drug-likeness (QED) is 0.692. The van der Waals surface area contributed by atoms with Crippen LogP contribution in [-0.4, -0.2) is 30.1 Å². The van der Waals surface area contributed by atoms with Crippen LogP contribution in [0.25, 0.3) is 0 Å². The van der Waals surface area contributed by atoms with Crippen LogP contribution in [0.3, 0.4) is 0 Å². The van der Waals surface area contributed by atoms with Gasteiger partial charge in [0.05, 0.1) is 0 Å². The summed E-state index contributed by atoms with van der Waals surface area (Å²) in [4.78, 5) is 2.45. The number of hydrogen-bond donors (Lipinski definition) is 1. The fourth-order valence-corrected chi connectivity index (χ4v) is 1.74. The Bertz CT molecular complexity index is 140. The molecule has 0 saturated carbocycles. The zero-order valence-electron chi connectivity index (χ0n) is 8.80. The Hall–Kier alpha value is -0.0800. The van der Waals surface area contributed by atoms with E-state index in [0.29, 0.717) is 0 Å². The van der Waals surface area contributed by atoms with Gasteiger partial charge in [-0.2, -0.15) is 0 Å². The van der Waals surface area contributed by atoms with Gasteiger partial charge in [0.1, 0.15) is 0 Å². The maximum atomic E-state index is 5.93. The lowest BCUT2D eigenvalue weighted by molar-refractivity contribution is 0.0524. The second kappa shape index (κ2) is 3.35. The first kappa shape index (κ1) is 10.0. The predicted molar refractivity (Wildman–Crippen MR) is 53.0 cm³/mol. The molecule has 12 heavy (non-hydrogen) atoms. The van der Waals surface area contributed by atoms with Gasteiger partial charge >= 0.3 is 0 Å². The molecule has 2 N–H and O–H groups in total. The third-order valence-electron chi connectivity index (χ3n) is 2.56.